The molecule has 0 radical (unpaired) electrons. The van der Waals surface area contributed by atoms with Gasteiger partial charge in [0.25, 0.3) is 0 Å². The van der Waals surface area contributed by atoms with Crippen LogP contribution in [-0.2, 0) is 6.54 Å². The largest absolute Gasteiger partial charge is 0.497 e. The maximum Gasteiger partial charge on any atom is 0.409 e. The van der Waals surface area contributed by atoms with Gasteiger partial charge in [-0.1, -0.05) is 12.1 Å². The lowest BCUT2D eigenvalue weighted by molar-refractivity contribution is 0.209. The van der Waals surface area contributed by atoms with E-state index in [2.05, 4.69) is 10.6 Å². The van der Waals surface area contributed by atoms with Crippen LogP contribution >= 0.6 is 0 Å². The zero-order valence-electron chi connectivity index (χ0n) is 12.9. The molecule has 0 unspecified atom stereocenters. The van der Waals surface area contributed by atoms with E-state index in [0.29, 0.717) is 12.2 Å². The molecule has 22 heavy (non-hydrogen) atoms. The third-order valence-corrected chi connectivity index (χ3v) is 3.41. The molecule has 0 aliphatic rings. The average molecular weight is 300 g/mol. The summed E-state index contributed by atoms with van der Waals surface area (Å²) in [7, 11) is 1.64. The van der Waals surface area contributed by atoms with Crippen molar-refractivity contribution in [3.63, 3.8) is 0 Å². The second-order valence-electron chi connectivity index (χ2n) is 5.12. The third-order valence-electron chi connectivity index (χ3n) is 3.41. The number of ether oxygens (including phenoxy) is 1. The maximum absolute atomic E-state index is 10.8. The first kappa shape index (κ1) is 15.7. The average Bonchev–Trinajstić information content (AvgIpc) is 2.49. The number of amides is 1. The van der Waals surface area contributed by atoms with Gasteiger partial charge in [-0.15, -0.1) is 0 Å². The minimum atomic E-state index is -1.05. The van der Waals surface area contributed by atoms with Gasteiger partial charge in [0.05, 0.1) is 7.11 Å². The van der Waals surface area contributed by atoms with E-state index in [9.17, 15) is 4.79 Å². The lowest BCUT2D eigenvalue weighted by atomic mass is 10.0. The monoisotopic (exact) mass is 300 g/mol. The van der Waals surface area contributed by atoms with Gasteiger partial charge in [-0.2, -0.15) is 0 Å². The normalized spacial score (nSPS) is 10.1. The minimum Gasteiger partial charge on any atom is -0.497 e. The SMILES string of the molecule is COc1ccc(NCc2cc(C)c(NC(=O)O)c(C)c2)cc1. The molecule has 0 fully saturated rings. The number of hydrogen-bond acceptors (Lipinski definition) is 3. The molecule has 2 rings (SSSR count). The summed E-state index contributed by atoms with van der Waals surface area (Å²) in [5.74, 6) is 0.821. The minimum absolute atomic E-state index is 0.653. The number of nitrogens with one attached hydrogen (secondary N) is 2. The maximum atomic E-state index is 10.8. The van der Waals surface area contributed by atoms with Crippen molar-refractivity contribution in [2.75, 3.05) is 17.7 Å². The van der Waals surface area contributed by atoms with Gasteiger partial charge in [0.15, 0.2) is 0 Å². The Morgan fingerprint density at radius 2 is 1.73 bits per heavy atom. The summed E-state index contributed by atoms with van der Waals surface area (Å²) in [6.07, 6.45) is -1.05. The molecule has 0 spiro atoms. The van der Waals surface area contributed by atoms with Gasteiger partial charge in [0, 0.05) is 17.9 Å². The molecule has 5 heteroatoms. The fourth-order valence-electron chi connectivity index (χ4n) is 2.37. The number of carboxylic acid groups (broad SMARTS) is 1. The topological polar surface area (TPSA) is 70.6 Å². The molecule has 0 bridgehead atoms. The number of benzene rings is 2. The van der Waals surface area contributed by atoms with Crippen LogP contribution in [-0.4, -0.2) is 18.3 Å². The fourth-order valence-corrected chi connectivity index (χ4v) is 2.37. The van der Waals surface area contributed by atoms with Crippen LogP contribution in [0.25, 0.3) is 0 Å². The van der Waals surface area contributed by atoms with Crippen molar-refractivity contribution in [3.05, 3.63) is 53.1 Å². The first-order valence-corrected chi connectivity index (χ1v) is 6.97. The molecule has 0 saturated heterocycles. The van der Waals surface area contributed by atoms with Crippen LogP contribution in [0.1, 0.15) is 16.7 Å². The number of anilines is 2. The van der Waals surface area contributed by atoms with E-state index in [1.807, 2.05) is 50.2 Å². The second kappa shape index (κ2) is 6.85. The highest BCUT2D eigenvalue weighted by molar-refractivity contribution is 5.85. The number of carbonyl (C=O) groups is 1. The Hall–Kier alpha value is -2.69. The van der Waals surface area contributed by atoms with Crippen LogP contribution in [0.5, 0.6) is 5.75 Å². The Morgan fingerprint density at radius 1 is 1.14 bits per heavy atom. The Kier molecular flexibility index (Phi) is 4.88. The van der Waals surface area contributed by atoms with E-state index in [0.717, 1.165) is 28.1 Å². The number of rotatable bonds is 5. The predicted molar refractivity (Wildman–Crippen MR) is 87.9 cm³/mol. The Bertz CT molecular complexity index is 643. The van der Waals surface area contributed by atoms with Crippen LogP contribution in [0, 0.1) is 13.8 Å². The first-order chi connectivity index (χ1) is 10.5. The molecule has 0 aliphatic heterocycles. The molecule has 5 nitrogen and oxygen atoms in total. The molecule has 1 amide bonds. The van der Waals surface area contributed by atoms with Crippen molar-refractivity contribution in [2.45, 2.75) is 20.4 Å². The molecule has 116 valence electrons. The first-order valence-electron chi connectivity index (χ1n) is 6.97. The number of aryl methyl sites for hydroxylation is 2. The van der Waals surface area contributed by atoms with Crippen molar-refractivity contribution in [3.8, 4) is 5.75 Å². The highest BCUT2D eigenvalue weighted by Gasteiger charge is 2.07. The van der Waals surface area contributed by atoms with Crippen LogP contribution < -0.4 is 15.4 Å². The van der Waals surface area contributed by atoms with E-state index >= 15 is 0 Å². The summed E-state index contributed by atoms with van der Waals surface area (Å²) in [5.41, 5.74) is 4.58. The summed E-state index contributed by atoms with van der Waals surface area (Å²) < 4.78 is 5.13. The van der Waals surface area contributed by atoms with E-state index in [1.54, 1.807) is 7.11 Å². The van der Waals surface area contributed by atoms with Crippen LogP contribution in [0.3, 0.4) is 0 Å². The van der Waals surface area contributed by atoms with Gasteiger partial charge in [0.1, 0.15) is 5.75 Å². The molecular formula is C17H20N2O3. The molecule has 2 aromatic rings. The fraction of sp³-hybridized carbons (Fsp3) is 0.235. The molecule has 0 aliphatic carbocycles. The van der Waals surface area contributed by atoms with Crippen molar-refractivity contribution in [1.82, 2.24) is 0 Å². The van der Waals surface area contributed by atoms with E-state index in [-0.39, 0.29) is 0 Å². The van der Waals surface area contributed by atoms with Gasteiger partial charge < -0.3 is 15.2 Å². The smallest absolute Gasteiger partial charge is 0.409 e. The molecule has 0 aromatic heterocycles. The van der Waals surface area contributed by atoms with Gasteiger partial charge in [-0.25, -0.2) is 4.79 Å². The molecule has 0 heterocycles. The van der Waals surface area contributed by atoms with E-state index in [1.165, 1.54) is 0 Å². The summed E-state index contributed by atoms with van der Waals surface area (Å²) in [4.78, 5) is 10.8. The zero-order valence-corrected chi connectivity index (χ0v) is 12.9. The van der Waals surface area contributed by atoms with E-state index < -0.39 is 6.09 Å². The van der Waals surface area contributed by atoms with Crippen LogP contribution in [0.15, 0.2) is 36.4 Å². The van der Waals surface area contributed by atoms with Crippen LogP contribution in [0.4, 0.5) is 16.2 Å². The summed E-state index contributed by atoms with van der Waals surface area (Å²) >= 11 is 0. The lowest BCUT2D eigenvalue weighted by Crippen LogP contribution is -2.10. The van der Waals surface area contributed by atoms with Gasteiger partial charge in [-0.05, 0) is 54.8 Å². The highest BCUT2D eigenvalue weighted by Crippen LogP contribution is 2.23. The molecule has 0 saturated carbocycles. The predicted octanol–water partition coefficient (Wildman–Crippen LogP) is 4.01. The van der Waals surface area contributed by atoms with Crippen LogP contribution in [0.2, 0.25) is 0 Å². The molecule has 0 atom stereocenters. The lowest BCUT2D eigenvalue weighted by Gasteiger charge is -2.13. The van der Waals surface area contributed by atoms with Crippen molar-refractivity contribution < 1.29 is 14.6 Å². The van der Waals surface area contributed by atoms with Gasteiger partial charge >= 0.3 is 6.09 Å². The summed E-state index contributed by atoms with van der Waals surface area (Å²) in [6, 6.07) is 11.7. The molecule has 3 N–H and O–H groups in total. The molecule has 2 aromatic carbocycles. The van der Waals surface area contributed by atoms with E-state index in [4.69, 9.17) is 9.84 Å². The summed E-state index contributed by atoms with van der Waals surface area (Å²) in [6.45, 7) is 4.46. The quantitative estimate of drug-likeness (QED) is 0.780. The Morgan fingerprint density at radius 3 is 2.23 bits per heavy atom. The number of methoxy groups -OCH3 is 1. The third kappa shape index (κ3) is 3.91. The van der Waals surface area contributed by atoms with Crippen molar-refractivity contribution in [2.24, 2.45) is 0 Å². The van der Waals surface area contributed by atoms with Crippen molar-refractivity contribution >= 4 is 17.5 Å². The zero-order chi connectivity index (χ0) is 16.1. The number of hydrogen-bond donors (Lipinski definition) is 3. The summed E-state index contributed by atoms with van der Waals surface area (Å²) in [5, 5.41) is 14.6. The Balaban J connectivity index is 2.08. The van der Waals surface area contributed by atoms with Crippen molar-refractivity contribution in [1.29, 1.82) is 0 Å². The van der Waals surface area contributed by atoms with Gasteiger partial charge in [0.2, 0.25) is 0 Å². The second-order valence-corrected chi connectivity index (χ2v) is 5.12. The van der Waals surface area contributed by atoms with Gasteiger partial charge in [-0.3, -0.25) is 5.32 Å². The Labute approximate surface area is 129 Å². The molecular weight excluding hydrogens is 280 g/mol. The highest BCUT2D eigenvalue weighted by atomic mass is 16.5. The standard InChI is InChI=1S/C17H20N2O3/c1-11-8-13(9-12(2)16(11)19-17(20)21)10-18-14-4-6-15(22-3)7-5-14/h4-9,18-19H,10H2,1-3H3,(H,20,21).